The van der Waals surface area contributed by atoms with E-state index in [9.17, 15) is 4.39 Å². The first kappa shape index (κ1) is 11.9. The molecule has 1 aliphatic heterocycles. The predicted octanol–water partition coefficient (Wildman–Crippen LogP) is 3.40. The van der Waals surface area contributed by atoms with Crippen LogP contribution >= 0.6 is 23.7 Å². The first-order valence-corrected chi connectivity index (χ1v) is 5.60. The van der Waals surface area contributed by atoms with Gasteiger partial charge in [0.2, 0.25) is 0 Å². The van der Waals surface area contributed by atoms with E-state index in [4.69, 9.17) is 5.73 Å². The summed E-state index contributed by atoms with van der Waals surface area (Å²) in [6, 6.07) is 6.30. The monoisotopic (exact) mass is 269 g/mol. The number of anilines is 2. The van der Waals surface area contributed by atoms with E-state index in [0.717, 1.165) is 10.6 Å². The van der Waals surface area contributed by atoms with Gasteiger partial charge < -0.3 is 11.1 Å². The topological polar surface area (TPSA) is 50.4 Å². The van der Waals surface area contributed by atoms with E-state index < -0.39 is 0 Å². The normalized spacial score (nSPS) is 12.4. The smallest absolute Gasteiger partial charge is 0.134 e. The maximum Gasteiger partial charge on any atom is 0.134 e. The van der Waals surface area contributed by atoms with Crippen LogP contribution in [0.5, 0.6) is 0 Å². The summed E-state index contributed by atoms with van der Waals surface area (Å²) < 4.78 is 13.1. The van der Waals surface area contributed by atoms with E-state index in [1.54, 1.807) is 6.07 Å². The van der Waals surface area contributed by atoms with Crippen LogP contribution in [-0.4, -0.2) is 5.84 Å². The molecule has 0 radical (unpaired) electrons. The number of nitrogens with one attached hydrogen (secondary N) is 1. The van der Waals surface area contributed by atoms with Crippen molar-refractivity contribution in [2.24, 2.45) is 10.7 Å². The number of hydrogen-bond acceptors (Lipinski definition) is 4. The summed E-state index contributed by atoms with van der Waals surface area (Å²) >= 11 is 1.52. The molecule has 0 atom stereocenters. The van der Waals surface area contributed by atoms with Gasteiger partial charge in [-0.15, -0.1) is 23.7 Å². The molecule has 2 heterocycles. The van der Waals surface area contributed by atoms with Gasteiger partial charge in [-0.25, -0.2) is 9.38 Å². The fourth-order valence-corrected chi connectivity index (χ4v) is 2.43. The lowest BCUT2D eigenvalue weighted by molar-refractivity contribution is 0.628. The van der Waals surface area contributed by atoms with Gasteiger partial charge in [0.1, 0.15) is 16.7 Å². The Morgan fingerprint density at radius 2 is 2.12 bits per heavy atom. The molecule has 0 saturated heterocycles. The molecule has 0 fully saturated rings. The Kier molecular flexibility index (Phi) is 3.04. The first-order chi connectivity index (χ1) is 7.74. The van der Waals surface area contributed by atoms with Crippen molar-refractivity contribution in [2.45, 2.75) is 0 Å². The largest absolute Gasteiger partial charge is 0.383 e. The highest BCUT2D eigenvalue weighted by molar-refractivity contribution is 7.14. The zero-order valence-electron chi connectivity index (χ0n) is 8.61. The lowest BCUT2D eigenvalue weighted by Gasteiger charge is -2.05. The minimum atomic E-state index is -0.292. The summed E-state index contributed by atoms with van der Waals surface area (Å²) in [6.45, 7) is 0. The second kappa shape index (κ2) is 4.35. The fraction of sp³-hybridized carbons (Fsp3) is 0. The van der Waals surface area contributed by atoms with Gasteiger partial charge in [-0.1, -0.05) is 0 Å². The fourth-order valence-electron chi connectivity index (χ4n) is 1.63. The number of halogens is 2. The molecule has 2 aromatic rings. The third-order valence-corrected chi connectivity index (χ3v) is 3.22. The molecule has 0 spiro atoms. The number of thiophene rings is 1. The quantitative estimate of drug-likeness (QED) is 0.770. The molecule has 3 nitrogen and oxygen atoms in total. The van der Waals surface area contributed by atoms with Crippen molar-refractivity contribution in [3.8, 4) is 0 Å². The number of rotatable bonds is 0. The third-order valence-electron chi connectivity index (χ3n) is 2.39. The van der Waals surface area contributed by atoms with Crippen LogP contribution in [0.25, 0.3) is 0 Å². The molecule has 0 aliphatic carbocycles. The summed E-state index contributed by atoms with van der Waals surface area (Å²) in [6.07, 6.45) is 0. The lowest BCUT2D eigenvalue weighted by Crippen LogP contribution is -2.11. The van der Waals surface area contributed by atoms with Crippen molar-refractivity contribution in [3.63, 3.8) is 0 Å². The molecule has 6 heteroatoms. The third kappa shape index (κ3) is 1.99. The first-order valence-electron chi connectivity index (χ1n) is 4.72. The molecule has 1 aromatic heterocycles. The van der Waals surface area contributed by atoms with Crippen LogP contribution in [0.4, 0.5) is 20.8 Å². The Hall–Kier alpha value is -1.59. The molecule has 3 N–H and O–H groups in total. The summed E-state index contributed by atoms with van der Waals surface area (Å²) in [5.41, 5.74) is 8.03. The highest BCUT2D eigenvalue weighted by atomic mass is 35.5. The summed E-state index contributed by atoms with van der Waals surface area (Å²) in [5, 5.41) is 5.95. The van der Waals surface area contributed by atoms with Gasteiger partial charge in [0.25, 0.3) is 0 Å². The second-order valence-corrected chi connectivity index (χ2v) is 4.36. The number of nitrogens with zero attached hydrogens (tertiary/aromatic N) is 1. The standard InChI is InChI=1S/C11H8FN3S.ClH/c12-6-1-2-8-9(5-6)15-11-7(3-4-16-11)10(13)14-8;/h1-5,15H,(H2,13,14);1H. The highest BCUT2D eigenvalue weighted by Crippen LogP contribution is 2.36. The lowest BCUT2D eigenvalue weighted by atomic mass is 10.2. The van der Waals surface area contributed by atoms with Crippen LogP contribution in [0.2, 0.25) is 0 Å². The van der Waals surface area contributed by atoms with Gasteiger partial charge in [-0.3, -0.25) is 0 Å². The number of amidine groups is 1. The van der Waals surface area contributed by atoms with Gasteiger partial charge in [-0.2, -0.15) is 0 Å². The Balaban J connectivity index is 0.00000108. The maximum absolute atomic E-state index is 13.1. The van der Waals surface area contributed by atoms with Gasteiger partial charge in [0.05, 0.1) is 16.9 Å². The molecular weight excluding hydrogens is 261 g/mol. The summed E-state index contributed by atoms with van der Waals surface area (Å²) in [7, 11) is 0. The van der Waals surface area contributed by atoms with Gasteiger partial charge in [0, 0.05) is 0 Å². The van der Waals surface area contributed by atoms with Crippen LogP contribution in [0.1, 0.15) is 5.56 Å². The number of benzene rings is 1. The SMILES string of the molecule is Cl.NC1=Nc2ccc(F)cc2Nc2sccc21. The molecule has 0 amide bonds. The predicted molar refractivity (Wildman–Crippen MR) is 71.6 cm³/mol. The Morgan fingerprint density at radius 3 is 2.94 bits per heavy atom. The van der Waals surface area contributed by atoms with Gasteiger partial charge in [-0.05, 0) is 29.6 Å². The van der Waals surface area contributed by atoms with Crippen molar-refractivity contribution in [2.75, 3.05) is 5.32 Å². The van der Waals surface area contributed by atoms with Crippen molar-refractivity contribution >= 4 is 46.0 Å². The van der Waals surface area contributed by atoms with Crippen LogP contribution in [0.3, 0.4) is 0 Å². The minimum Gasteiger partial charge on any atom is -0.383 e. The summed E-state index contributed by atoms with van der Waals surface area (Å²) in [4.78, 5) is 4.27. The summed E-state index contributed by atoms with van der Waals surface area (Å²) in [5.74, 6) is 0.161. The molecule has 3 rings (SSSR count). The number of nitrogens with two attached hydrogens (primary N) is 1. The minimum absolute atomic E-state index is 0. The van der Waals surface area contributed by atoms with Crippen molar-refractivity contribution in [1.29, 1.82) is 0 Å². The van der Waals surface area contributed by atoms with E-state index >= 15 is 0 Å². The molecule has 1 aromatic carbocycles. The van der Waals surface area contributed by atoms with Gasteiger partial charge in [0.15, 0.2) is 0 Å². The molecule has 17 heavy (non-hydrogen) atoms. The van der Waals surface area contributed by atoms with E-state index in [0.29, 0.717) is 17.2 Å². The van der Waals surface area contributed by atoms with Crippen LogP contribution < -0.4 is 11.1 Å². The van der Waals surface area contributed by atoms with Crippen LogP contribution in [-0.2, 0) is 0 Å². The number of hydrogen-bond donors (Lipinski definition) is 2. The number of aliphatic imine (C=N–C) groups is 1. The average molecular weight is 270 g/mol. The molecule has 1 aliphatic rings. The van der Waals surface area contributed by atoms with Crippen molar-refractivity contribution < 1.29 is 4.39 Å². The van der Waals surface area contributed by atoms with Crippen molar-refractivity contribution in [1.82, 2.24) is 0 Å². The highest BCUT2D eigenvalue weighted by Gasteiger charge is 2.15. The van der Waals surface area contributed by atoms with Crippen LogP contribution in [0, 0.1) is 5.82 Å². The molecule has 0 bridgehead atoms. The van der Waals surface area contributed by atoms with Crippen LogP contribution in [0.15, 0.2) is 34.6 Å². The van der Waals surface area contributed by atoms with E-state index in [1.807, 2.05) is 11.4 Å². The molecule has 0 saturated carbocycles. The molecular formula is C11H9ClFN3S. The maximum atomic E-state index is 13.1. The number of fused-ring (bicyclic) bond motifs is 2. The van der Waals surface area contributed by atoms with E-state index in [2.05, 4.69) is 10.3 Å². The second-order valence-electron chi connectivity index (χ2n) is 3.45. The zero-order valence-corrected chi connectivity index (χ0v) is 10.2. The zero-order chi connectivity index (χ0) is 11.1. The van der Waals surface area contributed by atoms with E-state index in [1.165, 1.54) is 23.5 Å². The molecule has 88 valence electrons. The van der Waals surface area contributed by atoms with Crippen molar-refractivity contribution in [3.05, 3.63) is 41.0 Å². The Labute approximate surface area is 108 Å². The van der Waals surface area contributed by atoms with Gasteiger partial charge >= 0.3 is 0 Å². The Bertz CT molecular complexity index is 594. The Morgan fingerprint density at radius 1 is 1.29 bits per heavy atom. The molecule has 0 unspecified atom stereocenters. The van der Waals surface area contributed by atoms with E-state index in [-0.39, 0.29) is 18.2 Å². The average Bonchev–Trinajstić information content (AvgIpc) is 2.65.